The van der Waals surface area contributed by atoms with Gasteiger partial charge in [0.25, 0.3) is 11.1 Å². The molecule has 308 valence electrons. The number of allylic oxidation sites excluding steroid dienone is 2. The predicted molar refractivity (Wildman–Crippen MR) is 225 cm³/mol. The molecule has 0 bridgehead atoms. The van der Waals surface area contributed by atoms with Gasteiger partial charge >= 0.3 is 0 Å². The van der Waals surface area contributed by atoms with Crippen LogP contribution in [-0.4, -0.2) is 89.3 Å². The third kappa shape index (κ3) is 7.57. The van der Waals surface area contributed by atoms with Crippen LogP contribution in [0.3, 0.4) is 0 Å². The maximum Gasteiger partial charge on any atom is 0.258 e. The van der Waals surface area contributed by atoms with Gasteiger partial charge in [-0.15, -0.1) is 22.7 Å². The normalized spacial score (nSPS) is 26.0. The second-order valence-corrected chi connectivity index (χ2v) is 17.0. The standard InChI is InChI=1S/2C21H26N4O3S/c2*1-3-5-13-6-7-16-18-14(10-24(16)21(13)28)15(12-26)19(20(27)22-4-2)25(18)11-17-23-8-9-29-17/h2*3,5-9,14-15,18-19,26H,4,10-12H2,1-2H3,(H,22,27)/b5-3+;5-3-/t2*14-,15-,18+,19-/m00/s1. The number of likely N-dealkylation sites (tertiary alicyclic amines) is 2. The van der Waals surface area contributed by atoms with Gasteiger partial charge in [0.1, 0.15) is 10.0 Å². The van der Waals surface area contributed by atoms with E-state index in [0.717, 1.165) is 21.4 Å². The zero-order valence-corrected chi connectivity index (χ0v) is 34.9. The molecule has 8 rings (SSSR count). The van der Waals surface area contributed by atoms with E-state index in [2.05, 4.69) is 30.4 Å². The van der Waals surface area contributed by atoms with Crippen LogP contribution in [0, 0.1) is 23.7 Å². The second kappa shape index (κ2) is 18.1. The summed E-state index contributed by atoms with van der Waals surface area (Å²) < 4.78 is 3.63. The summed E-state index contributed by atoms with van der Waals surface area (Å²) in [6.45, 7) is 10.5. The number of aromatic nitrogens is 4. The van der Waals surface area contributed by atoms with Gasteiger partial charge in [0.2, 0.25) is 11.8 Å². The van der Waals surface area contributed by atoms with Gasteiger partial charge in [0, 0.05) is 109 Å². The highest BCUT2D eigenvalue weighted by Gasteiger charge is 2.57. The molecule has 14 nitrogen and oxygen atoms in total. The quantitative estimate of drug-likeness (QED) is 0.166. The van der Waals surface area contributed by atoms with Crippen molar-refractivity contribution in [1.29, 1.82) is 0 Å². The topological polar surface area (TPSA) is 175 Å². The van der Waals surface area contributed by atoms with Gasteiger partial charge in [-0.05, 0) is 52.0 Å². The Labute approximate surface area is 345 Å². The fraction of sp³-hybridized carbons (Fsp3) is 0.476. The second-order valence-electron chi connectivity index (χ2n) is 15.0. The summed E-state index contributed by atoms with van der Waals surface area (Å²) in [5, 5.41) is 32.0. The van der Waals surface area contributed by atoms with E-state index in [-0.39, 0.29) is 71.9 Å². The van der Waals surface area contributed by atoms with Gasteiger partial charge in [0.15, 0.2) is 0 Å². The van der Waals surface area contributed by atoms with E-state index >= 15 is 0 Å². The molecule has 4 N–H and O–H groups in total. The number of carbonyl (C=O) groups excluding carboxylic acids is 2. The van der Waals surface area contributed by atoms with Crippen LogP contribution in [0.15, 0.2) is 69.2 Å². The monoisotopic (exact) mass is 828 g/mol. The summed E-state index contributed by atoms with van der Waals surface area (Å²) in [5.41, 5.74) is 3.10. The SMILES string of the molecule is C/C=C/c1ccc2n(c1=O)C[C@H]1[C@H](CO)[C@@H](C(=O)NCC)N(Cc3nccs3)[C@@H]21.C/C=C\c1ccc2n(c1=O)C[C@H]1[C@H](CO)[C@@H](C(=O)NCC)N(Cc3nccs3)[C@@H]21. The Morgan fingerprint density at radius 1 is 0.724 bits per heavy atom. The average Bonchev–Trinajstić information content (AvgIpc) is 4.07. The molecule has 2 amide bonds. The van der Waals surface area contributed by atoms with Crippen LogP contribution in [-0.2, 0) is 35.8 Å². The molecule has 2 saturated heterocycles. The number of likely N-dealkylation sites (N-methyl/N-ethyl adjacent to an activating group) is 2. The number of nitrogens with zero attached hydrogens (tertiary/aromatic N) is 6. The highest BCUT2D eigenvalue weighted by atomic mass is 32.1. The molecule has 0 aromatic carbocycles. The third-order valence-corrected chi connectivity index (χ3v) is 13.5. The maximum atomic E-state index is 13.0. The Balaban J connectivity index is 0.000000177. The Bertz CT molecular complexity index is 2100. The maximum absolute atomic E-state index is 13.0. The van der Waals surface area contributed by atoms with E-state index in [1.54, 1.807) is 35.1 Å². The largest absolute Gasteiger partial charge is 0.396 e. The lowest BCUT2D eigenvalue weighted by atomic mass is 9.88. The lowest BCUT2D eigenvalue weighted by Gasteiger charge is -2.30. The van der Waals surface area contributed by atoms with Crippen LogP contribution >= 0.6 is 22.7 Å². The van der Waals surface area contributed by atoms with Crippen LogP contribution in [0.5, 0.6) is 0 Å². The van der Waals surface area contributed by atoms with E-state index < -0.39 is 12.1 Å². The first-order valence-corrected chi connectivity index (χ1v) is 21.7. The van der Waals surface area contributed by atoms with Crippen LogP contribution in [0.4, 0.5) is 0 Å². The van der Waals surface area contributed by atoms with Crippen molar-refractivity contribution in [3.8, 4) is 0 Å². The minimum atomic E-state index is -0.446. The smallest absolute Gasteiger partial charge is 0.258 e. The molecule has 8 atom stereocenters. The average molecular weight is 829 g/mol. The third-order valence-electron chi connectivity index (χ3n) is 12.0. The Hall–Kier alpha value is -4.58. The molecule has 2 fully saturated rings. The van der Waals surface area contributed by atoms with Gasteiger partial charge in [-0.3, -0.25) is 29.0 Å². The van der Waals surface area contributed by atoms with Crippen molar-refractivity contribution < 1.29 is 19.8 Å². The van der Waals surface area contributed by atoms with Crippen molar-refractivity contribution >= 4 is 46.6 Å². The molecule has 58 heavy (non-hydrogen) atoms. The lowest BCUT2D eigenvalue weighted by molar-refractivity contribution is -0.128. The summed E-state index contributed by atoms with van der Waals surface area (Å²) in [6, 6.07) is 6.59. The van der Waals surface area contributed by atoms with Gasteiger partial charge in [-0.2, -0.15) is 0 Å². The number of rotatable bonds is 12. The summed E-state index contributed by atoms with van der Waals surface area (Å²) in [4.78, 5) is 64.9. The number of hydrogen-bond donors (Lipinski definition) is 4. The first-order chi connectivity index (χ1) is 28.2. The molecule has 4 aliphatic heterocycles. The Morgan fingerprint density at radius 3 is 1.47 bits per heavy atom. The summed E-state index contributed by atoms with van der Waals surface area (Å²) in [7, 11) is 0. The summed E-state index contributed by atoms with van der Waals surface area (Å²) in [5.74, 6) is -0.622. The number of thiazole rings is 2. The molecule has 0 radical (unpaired) electrons. The molecule has 0 saturated carbocycles. The summed E-state index contributed by atoms with van der Waals surface area (Å²) in [6.07, 6.45) is 10.9. The van der Waals surface area contributed by atoms with Crippen molar-refractivity contribution in [2.24, 2.45) is 23.7 Å². The number of aliphatic hydroxyl groups excluding tert-OH is 2. The fourth-order valence-electron chi connectivity index (χ4n) is 9.75. The van der Waals surface area contributed by atoms with E-state index in [9.17, 15) is 29.4 Å². The number of hydrogen-bond acceptors (Lipinski definition) is 12. The van der Waals surface area contributed by atoms with Crippen LogP contribution < -0.4 is 21.8 Å². The predicted octanol–water partition coefficient (Wildman–Crippen LogP) is 3.28. The van der Waals surface area contributed by atoms with E-state index in [4.69, 9.17) is 0 Å². The Kier molecular flexibility index (Phi) is 13.0. The van der Waals surface area contributed by atoms with Crippen molar-refractivity contribution in [3.05, 3.63) is 113 Å². The molecule has 4 aromatic rings. The van der Waals surface area contributed by atoms with Crippen molar-refractivity contribution in [2.45, 2.75) is 78.0 Å². The zero-order chi connectivity index (χ0) is 41.1. The number of amides is 2. The molecule has 8 heterocycles. The molecule has 16 heteroatoms. The molecule has 0 spiro atoms. The van der Waals surface area contributed by atoms with E-state index in [1.165, 1.54) is 0 Å². The highest BCUT2D eigenvalue weighted by molar-refractivity contribution is 7.09. The van der Waals surface area contributed by atoms with Crippen LogP contribution in [0.25, 0.3) is 12.2 Å². The minimum absolute atomic E-state index is 0.00104. The van der Waals surface area contributed by atoms with Crippen LogP contribution in [0.2, 0.25) is 0 Å². The molecule has 0 unspecified atom stereocenters. The molecular weight excluding hydrogens is 777 g/mol. The van der Waals surface area contributed by atoms with Crippen LogP contribution in [0.1, 0.15) is 72.3 Å². The highest BCUT2D eigenvalue weighted by Crippen LogP contribution is 2.51. The van der Waals surface area contributed by atoms with Crippen molar-refractivity contribution in [2.75, 3.05) is 26.3 Å². The van der Waals surface area contributed by atoms with E-state index in [1.807, 2.05) is 96.2 Å². The number of pyridine rings is 2. The minimum Gasteiger partial charge on any atom is -0.396 e. The first-order valence-electron chi connectivity index (χ1n) is 20.0. The fourth-order valence-corrected chi connectivity index (χ4v) is 11.0. The Morgan fingerprint density at radius 2 is 1.14 bits per heavy atom. The summed E-state index contributed by atoms with van der Waals surface area (Å²) >= 11 is 3.10. The van der Waals surface area contributed by atoms with Gasteiger partial charge in [-0.1, -0.05) is 24.3 Å². The number of aliphatic hydroxyl groups is 2. The van der Waals surface area contributed by atoms with Gasteiger partial charge in [0.05, 0.1) is 37.3 Å². The number of carbonyl (C=O) groups is 2. The van der Waals surface area contributed by atoms with Crippen molar-refractivity contribution in [1.82, 2.24) is 39.5 Å². The molecule has 0 aliphatic carbocycles. The molecular formula is C42H52N8O6S2. The number of nitrogens with one attached hydrogen (secondary N) is 2. The number of fused-ring (bicyclic) bond motifs is 6. The zero-order valence-electron chi connectivity index (χ0n) is 33.2. The molecule has 4 aliphatic rings. The van der Waals surface area contributed by atoms with E-state index in [0.29, 0.717) is 50.4 Å². The van der Waals surface area contributed by atoms with Gasteiger partial charge in [-0.25, -0.2) is 9.97 Å². The lowest BCUT2D eigenvalue weighted by Crippen LogP contribution is -2.48. The van der Waals surface area contributed by atoms with Gasteiger partial charge < -0.3 is 30.0 Å². The molecule has 4 aromatic heterocycles. The van der Waals surface area contributed by atoms with Crippen molar-refractivity contribution in [3.63, 3.8) is 0 Å². The first kappa shape index (κ1) is 41.6.